The zero-order valence-corrected chi connectivity index (χ0v) is 13.9. The van der Waals surface area contributed by atoms with E-state index in [1.165, 1.54) is 0 Å². The van der Waals surface area contributed by atoms with Gasteiger partial charge in [-0.2, -0.15) is 0 Å². The second-order valence-corrected chi connectivity index (χ2v) is 6.97. The summed E-state index contributed by atoms with van der Waals surface area (Å²) >= 11 is 1.71. The first-order valence-corrected chi connectivity index (χ1v) is 8.66. The van der Waals surface area contributed by atoms with Crippen molar-refractivity contribution in [3.8, 4) is 0 Å². The molecule has 4 nitrogen and oxygen atoms in total. The van der Waals surface area contributed by atoms with E-state index in [1.54, 1.807) is 17.8 Å². The van der Waals surface area contributed by atoms with Gasteiger partial charge in [0, 0.05) is 30.6 Å². The van der Waals surface area contributed by atoms with Crippen molar-refractivity contribution < 1.29 is 9.59 Å². The summed E-state index contributed by atoms with van der Waals surface area (Å²) in [7, 11) is 2.05. The predicted molar refractivity (Wildman–Crippen MR) is 92.7 cm³/mol. The second-order valence-electron chi connectivity index (χ2n) is 5.75. The van der Waals surface area contributed by atoms with Gasteiger partial charge in [-0.3, -0.25) is 9.59 Å². The molecule has 1 unspecified atom stereocenters. The summed E-state index contributed by atoms with van der Waals surface area (Å²) in [5.74, 6) is 0.217. The van der Waals surface area contributed by atoms with Gasteiger partial charge < -0.3 is 10.2 Å². The maximum Gasteiger partial charge on any atom is 0.224 e. The Bertz CT molecular complexity index is 667. The minimum absolute atomic E-state index is 0.0490. The molecule has 0 spiro atoms. The summed E-state index contributed by atoms with van der Waals surface area (Å²) in [6.45, 7) is 0.641. The van der Waals surface area contributed by atoms with Gasteiger partial charge in [0.2, 0.25) is 5.91 Å². The highest BCUT2D eigenvalue weighted by Gasteiger charge is 2.31. The Morgan fingerprint density at radius 2 is 2.13 bits per heavy atom. The fourth-order valence-corrected chi connectivity index (χ4v) is 4.15. The molecule has 3 rings (SSSR count). The first-order valence-electron chi connectivity index (χ1n) is 7.78. The van der Waals surface area contributed by atoms with E-state index in [0.29, 0.717) is 19.4 Å². The molecule has 120 valence electrons. The van der Waals surface area contributed by atoms with Crippen LogP contribution in [-0.4, -0.2) is 35.6 Å². The third-order valence-electron chi connectivity index (χ3n) is 4.04. The van der Waals surface area contributed by atoms with Crippen LogP contribution < -0.4 is 5.32 Å². The Morgan fingerprint density at radius 3 is 2.91 bits per heavy atom. The standard InChI is InChI=1S/C18H20N2O2S/c1-20-15-8-7-14(21)12-16(15)23-18(20)9-10-19-17(22)11-13-5-3-2-4-6-13/h2-6,8,12,18H,7,9-11H2,1H3,(H,19,22). The van der Waals surface area contributed by atoms with E-state index in [0.717, 1.165) is 22.6 Å². The third-order valence-corrected chi connectivity index (χ3v) is 5.44. The van der Waals surface area contributed by atoms with E-state index in [2.05, 4.69) is 10.2 Å². The van der Waals surface area contributed by atoms with Crippen LogP contribution in [0.5, 0.6) is 0 Å². The van der Waals surface area contributed by atoms with Crippen molar-refractivity contribution in [3.05, 3.63) is 58.6 Å². The predicted octanol–water partition coefficient (Wildman–Crippen LogP) is 2.48. The molecule has 1 aromatic rings. The number of thioether (sulfide) groups is 1. The van der Waals surface area contributed by atoms with E-state index in [4.69, 9.17) is 0 Å². The number of nitrogens with zero attached hydrogens (tertiary/aromatic N) is 1. The number of fused-ring (bicyclic) bond motifs is 1. The molecule has 23 heavy (non-hydrogen) atoms. The molecule has 0 aromatic heterocycles. The van der Waals surface area contributed by atoms with Crippen molar-refractivity contribution in [2.45, 2.75) is 24.6 Å². The summed E-state index contributed by atoms with van der Waals surface area (Å²) in [4.78, 5) is 26.7. The van der Waals surface area contributed by atoms with Crippen molar-refractivity contribution in [2.24, 2.45) is 0 Å². The van der Waals surface area contributed by atoms with Gasteiger partial charge in [0.15, 0.2) is 5.78 Å². The highest BCUT2D eigenvalue weighted by Crippen LogP contribution is 2.43. The second kappa shape index (κ2) is 7.04. The molecule has 0 saturated carbocycles. The number of carbonyl (C=O) groups excluding carboxylic acids is 2. The molecular weight excluding hydrogens is 308 g/mol. The minimum Gasteiger partial charge on any atom is -0.362 e. The van der Waals surface area contributed by atoms with E-state index in [9.17, 15) is 9.59 Å². The highest BCUT2D eigenvalue weighted by atomic mass is 32.2. The van der Waals surface area contributed by atoms with Crippen LogP contribution in [0.3, 0.4) is 0 Å². The average molecular weight is 328 g/mol. The molecule has 1 amide bonds. The number of likely N-dealkylation sites (N-methyl/N-ethyl adjacent to an activating group) is 1. The average Bonchev–Trinajstić information content (AvgIpc) is 2.84. The fourth-order valence-electron chi connectivity index (χ4n) is 2.80. The number of hydrogen-bond donors (Lipinski definition) is 1. The summed E-state index contributed by atoms with van der Waals surface area (Å²) in [5.41, 5.74) is 2.17. The summed E-state index contributed by atoms with van der Waals surface area (Å²) in [6.07, 6.45) is 5.50. The minimum atomic E-state index is 0.0490. The van der Waals surface area contributed by atoms with Crippen LogP contribution in [0.1, 0.15) is 18.4 Å². The van der Waals surface area contributed by atoms with Crippen LogP contribution in [0, 0.1) is 0 Å². The lowest BCUT2D eigenvalue weighted by atomic mass is 10.1. The van der Waals surface area contributed by atoms with Gasteiger partial charge in [-0.05, 0) is 18.1 Å². The Hall–Kier alpha value is -2.01. The molecule has 1 aliphatic heterocycles. The fraction of sp³-hybridized carbons (Fsp3) is 0.333. The van der Waals surface area contributed by atoms with E-state index in [-0.39, 0.29) is 17.1 Å². The number of rotatable bonds is 5. The maximum atomic E-state index is 12.0. The number of amides is 1. The number of carbonyl (C=O) groups is 2. The van der Waals surface area contributed by atoms with Crippen LogP contribution in [0.25, 0.3) is 0 Å². The summed E-state index contributed by atoms with van der Waals surface area (Å²) < 4.78 is 0. The van der Waals surface area contributed by atoms with Crippen LogP contribution >= 0.6 is 11.8 Å². The summed E-state index contributed by atoms with van der Waals surface area (Å²) in [6, 6.07) is 9.75. The van der Waals surface area contributed by atoms with Crippen LogP contribution in [0.2, 0.25) is 0 Å². The lowest BCUT2D eigenvalue weighted by Crippen LogP contribution is -2.31. The Morgan fingerprint density at radius 1 is 1.35 bits per heavy atom. The molecular formula is C18H20N2O2S. The van der Waals surface area contributed by atoms with E-state index >= 15 is 0 Å². The maximum absolute atomic E-state index is 12.0. The normalized spacial score (nSPS) is 20.0. The zero-order valence-electron chi connectivity index (χ0n) is 13.1. The van der Waals surface area contributed by atoms with Crippen molar-refractivity contribution in [1.29, 1.82) is 0 Å². The molecule has 2 aliphatic rings. The van der Waals surface area contributed by atoms with Crippen molar-refractivity contribution >= 4 is 23.5 Å². The van der Waals surface area contributed by atoms with Crippen LogP contribution in [0.4, 0.5) is 0 Å². The summed E-state index contributed by atoms with van der Waals surface area (Å²) in [5, 5.41) is 3.26. The number of ketones is 1. The first-order chi connectivity index (χ1) is 11.1. The monoisotopic (exact) mass is 328 g/mol. The van der Waals surface area contributed by atoms with Crippen molar-refractivity contribution in [1.82, 2.24) is 10.2 Å². The molecule has 1 N–H and O–H groups in total. The van der Waals surface area contributed by atoms with Gasteiger partial charge >= 0.3 is 0 Å². The molecule has 1 aliphatic carbocycles. The number of nitrogens with one attached hydrogen (secondary N) is 1. The topological polar surface area (TPSA) is 49.4 Å². The zero-order chi connectivity index (χ0) is 16.2. The number of allylic oxidation sites excluding steroid dienone is 2. The third kappa shape index (κ3) is 3.85. The van der Waals surface area contributed by atoms with Crippen LogP contribution in [-0.2, 0) is 16.0 Å². The molecule has 0 bridgehead atoms. The van der Waals surface area contributed by atoms with E-state index < -0.39 is 0 Å². The molecule has 1 aromatic carbocycles. The SMILES string of the molecule is CN1C2=CCC(=O)C=C2SC1CCNC(=O)Cc1ccccc1. The lowest BCUT2D eigenvalue weighted by molar-refractivity contribution is -0.120. The lowest BCUT2D eigenvalue weighted by Gasteiger charge is -2.21. The van der Waals surface area contributed by atoms with Gasteiger partial charge in [-0.1, -0.05) is 48.2 Å². The molecule has 5 heteroatoms. The van der Waals surface area contributed by atoms with Gasteiger partial charge in [0.05, 0.1) is 11.8 Å². The Kier molecular flexibility index (Phi) is 4.86. The van der Waals surface area contributed by atoms with Gasteiger partial charge in [0.1, 0.15) is 0 Å². The Labute approximate surface area is 140 Å². The number of benzene rings is 1. The molecule has 1 saturated heterocycles. The molecule has 1 atom stereocenters. The number of hydrogen-bond acceptors (Lipinski definition) is 4. The quantitative estimate of drug-likeness (QED) is 0.902. The largest absolute Gasteiger partial charge is 0.362 e. The van der Waals surface area contributed by atoms with Crippen LogP contribution in [0.15, 0.2) is 53.1 Å². The molecule has 1 heterocycles. The highest BCUT2D eigenvalue weighted by molar-refractivity contribution is 8.04. The first kappa shape index (κ1) is 15.9. The molecule has 1 fully saturated rings. The Balaban J connectivity index is 1.47. The molecule has 0 radical (unpaired) electrons. The van der Waals surface area contributed by atoms with E-state index in [1.807, 2.05) is 43.5 Å². The van der Waals surface area contributed by atoms with Gasteiger partial charge in [-0.25, -0.2) is 0 Å². The van der Waals surface area contributed by atoms with Crippen molar-refractivity contribution in [2.75, 3.05) is 13.6 Å². The smallest absolute Gasteiger partial charge is 0.224 e. The van der Waals surface area contributed by atoms with Crippen molar-refractivity contribution in [3.63, 3.8) is 0 Å². The van der Waals surface area contributed by atoms with Gasteiger partial charge in [-0.15, -0.1) is 0 Å². The van der Waals surface area contributed by atoms with Gasteiger partial charge in [0.25, 0.3) is 0 Å².